The van der Waals surface area contributed by atoms with Crippen LogP contribution in [0.15, 0.2) is 18.2 Å². The summed E-state index contributed by atoms with van der Waals surface area (Å²) in [5.74, 6) is 2.41. The van der Waals surface area contributed by atoms with E-state index in [2.05, 4.69) is 37.4 Å². The van der Waals surface area contributed by atoms with Gasteiger partial charge < -0.3 is 10.1 Å². The highest BCUT2D eigenvalue weighted by Crippen LogP contribution is 2.27. The number of hydrogen-bond donors (Lipinski definition) is 1. The van der Waals surface area contributed by atoms with Gasteiger partial charge >= 0.3 is 0 Å². The second kappa shape index (κ2) is 4.88. The van der Waals surface area contributed by atoms with E-state index in [4.69, 9.17) is 4.74 Å². The second-order valence-corrected chi connectivity index (χ2v) is 4.95. The minimum absolute atomic E-state index is 0.563. The Balaban J connectivity index is 2.16. The largest absolute Gasteiger partial charge is 0.496 e. The molecule has 1 fully saturated rings. The number of methoxy groups -OCH3 is 1. The smallest absolute Gasteiger partial charge is 0.122 e. The molecule has 1 heterocycles. The highest BCUT2D eigenvalue weighted by molar-refractivity contribution is 5.39. The molecule has 1 aliphatic rings. The van der Waals surface area contributed by atoms with Gasteiger partial charge in [0.25, 0.3) is 0 Å². The van der Waals surface area contributed by atoms with Gasteiger partial charge in [0, 0.05) is 0 Å². The fourth-order valence-electron chi connectivity index (χ4n) is 2.09. The lowest BCUT2D eigenvalue weighted by Crippen LogP contribution is -2.43. The highest BCUT2D eigenvalue weighted by atomic mass is 16.5. The summed E-state index contributed by atoms with van der Waals surface area (Å²) in [4.78, 5) is 0. The molecule has 88 valence electrons. The molecular weight excluding hydrogens is 198 g/mol. The number of hydrogen-bond acceptors (Lipinski definition) is 2. The maximum atomic E-state index is 5.49. The fraction of sp³-hybridized carbons (Fsp3) is 0.571. The molecule has 0 unspecified atom stereocenters. The van der Waals surface area contributed by atoms with Crippen LogP contribution < -0.4 is 10.1 Å². The van der Waals surface area contributed by atoms with E-state index in [-0.39, 0.29) is 0 Å². The Morgan fingerprint density at radius 2 is 2.12 bits per heavy atom. The molecule has 2 rings (SSSR count). The molecule has 0 aliphatic carbocycles. The van der Waals surface area contributed by atoms with Gasteiger partial charge in [0.15, 0.2) is 0 Å². The van der Waals surface area contributed by atoms with Crippen molar-refractivity contribution in [2.45, 2.75) is 26.2 Å². The fourth-order valence-corrected chi connectivity index (χ4v) is 2.09. The van der Waals surface area contributed by atoms with E-state index >= 15 is 0 Å². The van der Waals surface area contributed by atoms with Crippen LogP contribution >= 0.6 is 0 Å². The summed E-state index contributed by atoms with van der Waals surface area (Å²) in [6, 6.07) is 6.65. The number of ether oxygens (including phenoxy) is 1. The van der Waals surface area contributed by atoms with Crippen molar-refractivity contribution in [1.29, 1.82) is 0 Å². The first-order valence-corrected chi connectivity index (χ1v) is 6.08. The predicted octanol–water partition coefficient (Wildman–Crippen LogP) is 2.58. The Morgan fingerprint density at radius 3 is 2.62 bits per heavy atom. The van der Waals surface area contributed by atoms with Crippen LogP contribution in [0.3, 0.4) is 0 Å². The topological polar surface area (TPSA) is 21.3 Å². The lowest BCUT2D eigenvalue weighted by molar-refractivity contribution is 0.338. The summed E-state index contributed by atoms with van der Waals surface area (Å²) >= 11 is 0. The maximum Gasteiger partial charge on any atom is 0.122 e. The van der Waals surface area contributed by atoms with Gasteiger partial charge in [0.1, 0.15) is 5.75 Å². The van der Waals surface area contributed by atoms with Crippen LogP contribution in [0.4, 0.5) is 0 Å². The quantitative estimate of drug-likeness (QED) is 0.840. The molecule has 0 atom stereocenters. The Hall–Kier alpha value is -1.02. The third kappa shape index (κ3) is 2.38. The zero-order valence-electron chi connectivity index (χ0n) is 10.4. The van der Waals surface area contributed by atoms with E-state index < -0.39 is 0 Å². The Labute approximate surface area is 98.0 Å². The Bertz CT molecular complexity index is 356. The van der Waals surface area contributed by atoms with E-state index in [1.807, 2.05) is 0 Å². The third-order valence-corrected chi connectivity index (χ3v) is 3.35. The molecule has 1 N–H and O–H groups in total. The maximum absolute atomic E-state index is 5.49. The normalized spacial score (nSPS) is 16.2. The van der Waals surface area contributed by atoms with Gasteiger partial charge in [-0.15, -0.1) is 0 Å². The van der Waals surface area contributed by atoms with Crippen molar-refractivity contribution in [3.05, 3.63) is 29.3 Å². The summed E-state index contributed by atoms with van der Waals surface area (Å²) < 4.78 is 5.49. The van der Waals surface area contributed by atoms with Crippen LogP contribution in [0.2, 0.25) is 0 Å². The highest BCUT2D eigenvalue weighted by Gasteiger charge is 2.19. The third-order valence-electron chi connectivity index (χ3n) is 3.35. The van der Waals surface area contributed by atoms with Crippen molar-refractivity contribution in [1.82, 2.24) is 5.32 Å². The van der Waals surface area contributed by atoms with Crippen LogP contribution in [0.1, 0.15) is 30.9 Å². The molecule has 1 aromatic carbocycles. The summed E-state index contributed by atoms with van der Waals surface area (Å²) in [6.07, 6.45) is 1.13. The molecule has 1 aromatic rings. The molecule has 1 aliphatic heterocycles. The van der Waals surface area contributed by atoms with Crippen molar-refractivity contribution in [3.8, 4) is 5.75 Å². The lowest BCUT2D eigenvalue weighted by atomic mass is 9.92. The van der Waals surface area contributed by atoms with Crippen molar-refractivity contribution in [2.24, 2.45) is 5.92 Å². The zero-order valence-corrected chi connectivity index (χ0v) is 10.4. The molecule has 0 amide bonds. The van der Waals surface area contributed by atoms with Crippen molar-refractivity contribution < 1.29 is 4.74 Å². The standard InChI is InChI=1S/C14H21NO/c1-10(2)12-4-5-13(14(7-12)16-3)6-11-8-15-9-11/h4-5,7,10-11,15H,6,8-9H2,1-3H3. The van der Waals surface area contributed by atoms with Gasteiger partial charge in [-0.3, -0.25) is 0 Å². The van der Waals surface area contributed by atoms with E-state index in [1.54, 1.807) is 7.11 Å². The van der Waals surface area contributed by atoms with Crippen molar-refractivity contribution >= 4 is 0 Å². The molecule has 0 spiro atoms. The first-order chi connectivity index (χ1) is 7.70. The van der Waals surface area contributed by atoms with Crippen molar-refractivity contribution in [2.75, 3.05) is 20.2 Å². The molecule has 2 heteroatoms. The molecule has 0 bridgehead atoms. The van der Waals surface area contributed by atoms with Crippen LogP contribution in [0, 0.1) is 5.92 Å². The SMILES string of the molecule is COc1cc(C(C)C)ccc1CC1CNC1. The summed E-state index contributed by atoms with van der Waals surface area (Å²) in [6.45, 7) is 6.72. The first-order valence-electron chi connectivity index (χ1n) is 6.08. The molecule has 0 aromatic heterocycles. The average Bonchev–Trinajstić information content (AvgIpc) is 2.23. The lowest BCUT2D eigenvalue weighted by Gasteiger charge is -2.27. The predicted molar refractivity (Wildman–Crippen MR) is 67.1 cm³/mol. The summed E-state index contributed by atoms with van der Waals surface area (Å²) in [5.41, 5.74) is 2.70. The van der Waals surface area contributed by atoms with Gasteiger partial charge in [0.05, 0.1) is 7.11 Å². The molecule has 1 saturated heterocycles. The second-order valence-electron chi connectivity index (χ2n) is 4.95. The van der Waals surface area contributed by atoms with Gasteiger partial charge in [-0.2, -0.15) is 0 Å². The minimum Gasteiger partial charge on any atom is -0.496 e. The van der Waals surface area contributed by atoms with Crippen LogP contribution in [0.25, 0.3) is 0 Å². The van der Waals surface area contributed by atoms with E-state index in [0.29, 0.717) is 5.92 Å². The zero-order chi connectivity index (χ0) is 11.5. The van der Waals surface area contributed by atoms with Gasteiger partial charge in [-0.25, -0.2) is 0 Å². The summed E-state index contributed by atoms with van der Waals surface area (Å²) in [7, 11) is 1.77. The monoisotopic (exact) mass is 219 g/mol. The van der Waals surface area contributed by atoms with Crippen LogP contribution in [0.5, 0.6) is 5.75 Å². The molecule has 2 nitrogen and oxygen atoms in total. The Morgan fingerprint density at radius 1 is 1.38 bits per heavy atom. The minimum atomic E-state index is 0.563. The first kappa shape index (κ1) is 11.5. The number of nitrogens with one attached hydrogen (secondary N) is 1. The van der Waals surface area contributed by atoms with Gasteiger partial charge in [-0.05, 0) is 48.5 Å². The molecule has 0 radical (unpaired) electrons. The number of benzene rings is 1. The van der Waals surface area contributed by atoms with Crippen LogP contribution in [-0.4, -0.2) is 20.2 Å². The molecule has 0 saturated carbocycles. The average molecular weight is 219 g/mol. The van der Waals surface area contributed by atoms with Gasteiger partial charge in [-0.1, -0.05) is 26.0 Å². The van der Waals surface area contributed by atoms with Crippen molar-refractivity contribution in [3.63, 3.8) is 0 Å². The Kier molecular flexibility index (Phi) is 3.49. The van der Waals surface area contributed by atoms with Crippen LogP contribution in [-0.2, 0) is 6.42 Å². The number of rotatable bonds is 4. The van der Waals surface area contributed by atoms with Gasteiger partial charge in [0.2, 0.25) is 0 Å². The van der Waals surface area contributed by atoms with E-state index in [1.165, 1.54) is 11.1 Å². The van der Waals surface area contributed by atoms with E-state index in [0.717, 1.165) is 31.2 Å². The summed E-state index contributed by atoms with van der Waals surface area (Å²) in [5, 5.41) is 3.31. The molecule has 16 heavy (non-hydrogen) atoms. The van der Waals surface area contributed by atoms with E-state index in [9.17, 15) is 0 Å². The molecular formula is C14H21NO.